The minimum atomic E-state index is -4.92. The fourth-order valence-electron chi connectivity index (χ4n) is 0. The predicted octanol–water partition coefficient (Wildman–Crippen LogP) is -3.99. The van der Waals surface area contributed by atoms with Crippen LogP contribution in [0.5, 0.6) is 0 Å². The van der Waals surface area contributed by atoms with Crippen LogP contribution in [0.1, 0.15) is 0 Å². The maximum Gasteiger partial charge on any atom is 1.00 e. The Labute approximate surface area is 94.5 Å². The van der Waals surface area contributed by atoms with Gasteiger partial charge in [0.05, 0.1) is 0 Å². The van der Waals surface area contributed by atoms with Crippen molar-refractivity contribution in [2.75, 3.05) is 0 Å². The van der Waals surface area contributed by atoms with Crippen molar-refractivity contribution in [2.24, 2.45) is 0 Å². The van der Waals surface area contributed by atoms with Crippen LogP contribution in [0.4, 0.5) is 0 Å². The second kappa shape index (κ2) is 6.15. The van der Waals surface area contributed by atoms with Crippen LogP contribution in [0, 0.1) is 0 Å². The van der Waals surface area contributed by atoms with Crippen LogP contribution in [0.15, 0.2) is 0 Å². The first-order chi connectivity index (χ1) is 2.00. The topological polar surface area (TPSA) is 77.4 Å². The zero-order chi connectivity index (χ0) is 4.50. The molecular weight excluding hydrogens is 191 g/mol. The zero-order valence-electron chi connectivity index (χ0n) is 3.43. The summed E-state index contributed by atoms with van der Waals surface area (Å²) >= 11 is 0. The van der Waals surface area contributed by atoms with Crippen LogP contribution >= 0.6 is 0 Å². The molecule has 1 N–H and O–H groups in total. The summed E-state index contributed by atoms with van der Waals surface area (Å²) in [5, 5.41) is 0. The molecule has 0 atom stereocenters. The Morgan fingerprint density at radius 2 is 1.43 bits per heavy atom. The molecule has 0 aliphatic rings. The van der Waals surface area contributed by atoms with E-state index in [1.165, 1.54) is 0 Å². The van der Waals surface area contributed by atoms with Crippen molar-refractivity contribution >= 4 is 10.4 Å². The van der Waals surface area contributed by atoms with Gasteiger partial charge in [-0.1, -0.05) is 0 Å². The zero-order valence-corrected chi connectivity index (χ0v) is 8.48. The first-order valence-corrected chi connectivity index (χ1v) is 2.05. The molecule has 4 nitrogen and oxygen atoms in total. The molecule has 0 aromatic carbocycles. The summed E-state index contributed by atoms with van der Waals surface area (Å²) in [4.78, 5) is 0. The van der Waals surface area contributed by atoms with Crippen molar-refractivity contribution in [2.45, 2.75) is 0 Å². The largest absolute Gasteiger partial charge is 1.00 e. The number of hydrogen-bond donors (Lipinski definition) is 1. The second-order valence-electron chi connectivity index (χ2n) is 0.428. The quantitative estimate of drug-likeness (QED) is 0.241. The third-order valence-corrected chi connectivity index (χ3v) is 0. The predicted molar refractivity (Wildman–Crippen MR) is 12.3 cm³/mol. The molecule has 0 aromatic heterocycles. The monoisotopic (exact) mass is 192 g/mol. The molecule has 0 spiro atoms. The van der Waals surface area contributed by atoms with Gasteiger partial charge in [-0.2, -0.15) is 0 Å². The maximum atomic E-state index is 8.63. The van der Waals surface area contributed by atoms with Crippen molar-refractivity contribution in [1.82, 2.24) is 0 Å². The molecule has 0 saturated heterocycles. The van der Waals surface area contributed by atoms with Crippen LogP contribution in [-0.2, 0) is 27.5 Å². The van der Waals surface area contributed by atoms with Crippen LogP contribution in [0.2, 0.25) is 0 Å². The summed E-state index contributed by atoms with van der Waals surface area (Å²) in [6.45, 7) is 0. The SMILES string of the molecule is O=S(=O)([O-])O.[Fe].[K+]. The first kappa shape index (κ1) is 16.0. The fraction of sp³-hybridized carbons (Fsp3) is 0. The van der Waals surface area contributed by atoms with Gasteiger partial charge in [-0.25, -0.2) is 8.42 Å². The molecule has 0 aliphatic carbocycles. The van der Waals surface area contributed by atoms with Gasteiger partial charge in [0, 0.05) is 17.1 Å². The van der Waals surface area contributed by atoms with Gasteiger partial charge in [-0.05, 0) is 0 Å². The van der Waals surface area contributed by atoms with Crippen molar-refractivity contribution in [3.05, 3.63) is 0 Å². The van der Waals surface area contributed by atoms with Crippen molar-refractivity contribution in [1.29, 1.82) is 0 Å². The normalized spacial score (nSPS) is 8.29. The Balaban J connectivity index is -0.0000000800. The molecular formula is HFeKO4S. The minimum Gasteiger partial charge on any atom is -0.726 e. The van der Waals surface area contributed by atoms with E-state index in [0.29, 0.717) is 0 Å². The number of rotatable bonds is 0. The molecule has 0 aromatic rings. The second-order valence-corrected chi connectivity index (χ2v) is 1.28. The van der Waals surface area contributed by atoms with Crippen molar-refractivity contribution in [3.8, 4) is 0 Å². The van der Waals surface area contributed by atoms with Gasteiger partial charge in [-0.3, -0.25) is 4.55 Å². The van der Waals surface area contributed by atoms with E-state index in [-0.39, 0.29) is 68.5 Å². The molecule has 0 heterocycles. The van der Waals surface area contributed by atoms with Gasteiger partial charge >= 0.3 is 51.4 Å². The fourth-order valence-corrected chi connectivity index (χ4v) is 0. The van der Waals surface area contributed by atoms with Gasteiger partial charge in [0.15, 0.2) is 0 Å². The van der Waals surface area contributed by atoms with E-state index in [1.807, 2.05) is 0 Å². The van der Waals surface area contributed by atoms with Crippen LogP contribution in [0.25, 0.3) is 0 Å². The van der Waals surface area contributed by atoms with E-state index in [4.69, 9.17) is 17.5 Å². The molecule has 0 aliphatic heterocycles. The molecule has 7 heavy (non-hydrogen) atoms. The van der Waals surface area contributed by atoms with Gasteiger partial charge in [0.25, 0.3) is 0 Å². The molecule has 0 fully saturated rings. The van der Waals surface area contributed by atoms with Gasteiger partial charge in [-0.15, -0.1) is 0 Å². The van der Waals surface area contributed by atoms with Gasteiger partial charge in [0.2, 0.25) is 10.4 Å². The third-order valence-electron chi connectivity index (χ3n) is 0. The van der Waals surface area contributed by atoms with E-state index < -0.39 is 10.4 Å². The summed E-state index contributed by atoms with van der Waals surface area (Å²) in [6.07, 6.45) is 0. The summed E-state index contributed by atoms with van der Waals surface area (Å²) in [7, 11) is -4.92. The van der Waals surface area contributed by atoms with E-state index >= 15 is 0 Å². The smallest absolute Gasteiger partial charge is 0.726 e. The summed E-state index contributed by atoms with van der Waals surface area (Å²) in [6, 6.07) is 0. The Hall–Kier alpha value is 2.03. The number of hydrogen-bond acceptors (Lipinski definition) is 3. The summed E-state index contributed by atoms with van der Waals surface area (Å²) in [5.41, 5.74) is 0. The van der Waals surface area contributed by atoms with Gasteiger partial charge < -0.3 is 4.55 Å². The Morgan fingerprint density at radius 1 is 1.43 bits per heavy atom. The molecule has 7 heteroatoms. The Kier molecular flexibility index (Phi) is 14.1. The van der Waals surface area contributed by atoms with Crippen molar-refractivity contribution < 1.29 is 86.0 Å². The third kappa shape index (κ3) is 71.0. The van der Waals surface area contributed by atoms with E-state index in [2.05, 4.69) is 0 Å². The molecule has 40 valence electrons. The standard InChI is InChI=1S/Fe.K.H2O4S/c;;1-5(2,3)4/h;;(H2,1,2,3,4)/q;+1;/p-1. The molecule has 0 unspecified atom stereocenters. The summed E-state index contributed by atoms with van der Waals surface area (Å²) < 4.78 is 32.8. The summed E-state index contributed by atoms with van der Waals surface area (Å²) in [5.74, 6) is 0. The molecule has 0 bridgehead atoms. The van der Waals surface area contributed by atoms with Crippen LogP contribution < -0.4 is 51.4 Å². The Bertz CT molecular complexity index is 94.9. The van der Waals surface area contributed by atoms with E-state index in [1.54, 1.807) is 0 Å². The molecule has 0 saturated carbocycles. The van der Waals surface area contributed by atoms with Crippen molar-refractivity contribution in [3.63, 3.8) is 0 Å². The minimum absolute atomic E-state index is 0. The van der Waals surface area contributed by atoms with Crippen LogP contribution in [0.3, 0.4) is 0 Å². The molecule has 0 amide bonds. The molecule has 0 radical (unpaired) electrons. The average Bonchev–Trinajstić information content (AvgIpc) is 0.722. The van der Waals surface area contributed by atoms with E-state index in [0.717, 1.165) is 0 Å². The average molecular weight is 192 g/mol. The van der Waals surface area contributed by atoms with E-state index in [9.17, 15) is 0 Å². The van der Waals surface area contributed by atoms with Crippen LogP contribution in [-0.4, -0.2) is 17.5 Å². The first-order valence-electron chi connectivity index (χ1n) is 0.683. The maximum absolute atomic E-state index is 8.63. The molecule has 0 rings (SSSR count). The Morgan fingerprint density at radius 3 is 1.43 bits per heavy atom. The van der Waals surface area contributed by atoms with Gasteiger partial charge in [0.1, 0.15) is 0 Å².